The highest BCUT2D eigenvalue weighted by Crippen LogP contribution is 2.27. The van der Waals surface area contributed by atoms with Crippen LogP contribution in [-0.2, 0) is 6.42 Å². The minimum absolute atomic E-state index is 0.240. The van der Waals surface area contributed by atoms with Crippen LogP contribution in [0.1, 0.15) is 31.7 Å². The first-order chi connectivity index (χ1) is 9.69. The summed E-state index contributed by atoms with van der Waals surface area (Å²) in [6.07, 6.45) is 4.13. The molecule has 1 aromatic carbocycles. The third kappa shape index (κ3) is 4.74. The van der Waals surface area contributed by atoms with E-state index < -0.39 is 0 Å². The molecule has 0 aliphatic carbocycles. The third-order valence-corrected chi connectivity index (χ3v) is 4.97. The zero-order valence-electron chi connectivity index (χ0n) is 12.0. The van der Waals surface area contributed by atoms with Gasteiger partial charge in [-0.2, -0.15) is 11.8 Å². The maximum absolute atomic E-state index is 13.8. The van der Waals surface area contributed by atoms with Crippen LogP contribution in [0.5, 0.6) is 0 Å². The van der Waals surface area contributed by atoms with E-state index in [1.54, 1.807) is 0 Å². The highest BCUT2D eigenvalue weighted by Gasteiger charge is 2.20. The van der Waals surface area contributed by atoms with Gasteiger partial charge in [-0.05, 0) is 73.4 Å². The molecule has 1 unspecified atom stereocenters. The summed E-state index contributed by atoms with van der Waals surface area (Å²) in [7, 11) is 0. The number of nitrogens with one attached hydrogen (secondary N) is 1. The first kappa shape index (κ1) is 15.8. The Bertz CT molecular complexity index is 419. The van der Waals surface area contributed by atoms with Crippen LogP contribution in [0.3, 0.4) is 0 Å². The maximum Gasteiger partial charge on any atom is 0.126 e. The first-order valence-corrected chi connectivity index (χ1v) is 8.59. The van der Waals surface area contributed by atoms with E-state index in [1.807, 2.05) is 11.8 Å². The monoisotopic (exact) mass is 299 g/mol. The second kappa shape index (κ2) is 7.99. The van der Waals surface area contributed by atoms with Gasteiger partial charge >= 0.3 is 0 Å². The highest BCUT2D eigenvalue weighted by atomic mass is 32.2. The normalized spacial score (nSPS) is 18.1. The molecular weight excluding hydrogens is 276 g/mol. The average Bonchev–Trinajstić information content (AvgIpc) is 2.44. The molecule has 112 valence electrons. The Balaban J connectivity index is 1.98. The van der Waals surface area contributed by atoms with Gasteiger partial charge < -0.3 is 5.32 Å². The maximum atomic E-state index is 13.8. The van der Waals surface area contributed by atoms with Crippen molar-refractivity contribution in [2.24, 2.45) is 5.92 Å². The number of rotatable bonds is 6. The van der Waals surface area contributed by atoms with Crippen molar-refractivity contribution in [3.8, 4) is 0 Å². The number of hydrogen-bond donors (Lipinski definition) is 1. The molecule has 0 saturated carbocycles. The summed E-state index contributed by atoms with van der Waals surface area (Å²) < 4.78 is 27.0. The second-order valence-electron chi connectivity index (χ2n) is 5.49. The lowest BCUT2D eigenvalue weighted by Gasteiger charge is -2.27. The molecule has 0 aromatic heterocycles. The lowest BCUT2D eigenvalue weighted by molar-refractivity contribution is 0.363. The SMILES string of the molecule is CCNC(Cc1cc(F)ccc1F)CC1CCSCC1. The van der Waals surface area contributed by atoms with E-state index >= 15 is 0 Å². The van der Waals surface area contributed by atoms with E-state index in [-0.39, 0.29) is 17.7 Å². The summed E-state index contributed by atoms with van der Waals surface area (Å²) in [6.45, 7) is 2.93. The molecule has 1 aliphatic heterocycles. The standard InChI is InChI=1S/C16H23F2NS/c1-2-19-15(9-12-5-7-20-8-6-12)11-13-10-14(17)3-4-16(13)18/h3-4,10,12,15,19H,2,5-9,11H2,1H3. The van der Waals surface area contributed by atoms with E-state index in [2.05, 4.69) is 12.2 Å². The van der Waals surface area contributed by atoms with Gasteiger partial charge in [0.15, 0.2) is 0 Å². The van der Waals surface area contributed by atoms with Crippen LogP contribution in [0.25, 0.3) is 0 Å². The van der Waals surface area contributed by atoms with Crippen LogP contribution in [0.2, 0.25) is 0 Å². The Hall–Kier alpha value is -0.610. The summed E-state index contributed by atoms with van der Waals surface area (Å²) in [5, 5.41) is 3.43. The van der Waals surface area contributed by atoms with Crippen molar-refractivity contribution in [2.45, 2.75) is 38.6 Å². The van der Waals surface area contributed by atoms with Crippen molar-refractivity contribution < 1.29 is 8.78 Å². The van der Waals surface area contributed by atoms with Crippen LogP contribution in [0.15, 0.2) is 18.2 Å². The number of benzene rings is 1. The van der Waals surface area contributed by atoms with Crippen molar-refractivity contribution in [1.82, 2.24) is 5.32 Å². The Morgan fingerprint density at radius 1 is 1.30 bits per heavy atom. The largest absolute Gasteiger partial charge is 0.314 e. The van der Waals surface area contributed by atoms with Gasteiger partial charge in [0.25, 0.3) is 0 Å². The Morgan fingerprint density at radius 3 is 2.75 bits per heavy atom. The smallest absolute Gasteiger partial charge is 0.126 e. The lowest BCUT2D eigenvalue weighted by atomic mass is 9.91. The molecule has 0 radical (unpaired) electrons. The Kier molecular flexibility index (Phi) is 6.30. The molecule has 0 amide bonds. The minimum Gasteiger partial charge on any atom is -0.314 e. The van der Waals surface area contributed by atoms with Gasteiger partial charge in [0.05, 0.1) is 0 Å². The summed E-state index contributed by atoms with van der Waals surface area (Å²) in [4.78, 5) is 0. The van der Waals surface area contributed by atoms with Gasteiger partial charge in [0.1, 0.15) is 11.6 Å². The predicted molar refractivity (Wildman–Crippen MR) is 82.2 cm³/mol. The molecule has 1 fully saturated rings. The van der Waals surface area contributed by atoms with Crippen LogP contribution in [0, 0.1) is 17.6 Å². The average molecular weight is 299 g/mol. The summed E-state index contributed by atoms with van der Waals surface area (Å²) >= 11 is 2.02. The summed E-state index contributed by atoms with van der Waals surface area (Å²) in [6, 6.07) is 3.98. The molecule has 1 saturated heterocycles. The van der Waals surface area contributed by atoms with Crippen molar-refractivity contribution >= 4 is 11.8 Å². The second-order valence-corrected chi connectivity index (χ2v) is 6.71. The molecule has 1 N–H and O–H groups in total. The van der Waals surface area contributed by atoms with E-state index in [0.717, 1.165) is 18.9 Å². The van der Waals surface area contributed by atoms with Gasteiger partial charge in [-0.3, -0.25) is 0 Å². The fraction of sp³-hybridized carbons (Fsp3) is 0.625. The van der Waals surface area contributed by atoms with Gasteiger partial charge in [0, 0.05) is 6.04 Å². The Morgan fingerprint density at radius 2 is 2.05 bits per heavy atom. The molecular formula is C16H23F2NS. The van der Waals surface area contributed by atoms with Crippen molar-refractivity contribution in [3.05, 3.63) is 35.4 Å². The topological polar surface area (TPSA) is 12.0 Å². The molecule has 20 heavy (non-hydrogen) atoms. The molecule has 1 nitrogen and oxygen atoms in total. The molecule has 0 spiro atoms. The van der Waals surface area contributed by atoms with Crippen molar-refractivity contribution in [2.75, 3.05) is 18.1 Å². The van der Waals surface area contributed by atoms with Crippen molar-refractivity contribution in [3.63, 3.8) is 0 Å². The van der Waals surface area contributed by atoms with Crippen LogP contribution in [0.4, 0.5) is 8.78 Å². The zero-order chi connectivity index (χ0) is 14.4. The quantitative estimate of drug-likeness (QED) is 0.851. The van der Waals surface area contributed by atoms with E-state index in [4.69, 9.17) is 0 Å². The zero-order valence-corrected chi connectivity index (χ0v) is 12.8. The number of hydrogen-bond acceptors (Lipinski definition) is 2. The van der Waals surface area contributed by atoms with Crippen molar-refractivity contribution in [1.29, 1.82) is 0 Å². The molecule has 1 aliphatic rings. The van der Waals surface area contributed by atoms with Crippen LogP contribution >= 0.6 is 11.8 Å². The summed E-state index contributed by atoms with van der Waals surface area (Å²) in [5.74, 6) is 2.53. The van der Waals surface area contributed by atoms with E-state index in [0.29, 0.717) is 12.0 Å². The fourth-order valence-corrected chi connectivity index (χ4v) is 4.08. The molecule has 1 heterocycles. The summed E-state index contributed by atoms with van der Waals surface area (Å²) in [5.41, 5.74) is 0.487. The van der Waals surface area contributed by atoms with Crippen LogP contribution in [-0.4, -0.2) is 24.1 Å². The molecule has 4 heteroatoms. The molecule has 1 aromatic rings. The molecule has 2 rings (SSSR count). The van der Waals surface area contributed by atoms with Gasteiger partial charge in [0.2, 0.25) is 0 Å². The predicted octanol–water partition coefficient (Wildman–Crippen LogP) is 4.02. The lowest BCUT2D eigenvalue weighted by Crippen LogP contribution is -2.34. The third-order valence-electron chi connectivity index (χ3n) is 3.93. The number of likely N-dealkylation sites (N-methyl/N-ethyl adjacent to an activating group) is 1. The fourth-order valence-electron chi connectivity index (χ4n) is 2.88. The molecule has 1 atom stereocenters. The van der Waals surface area contributed by atoms with Crippen LogP contribution < -0.4 is 5.32 Å². The highest BCUT2D eigenvalue weighted by molar-refractivity contribution is 7.99. The van der Waals surface area contributed by atoms with E-state index in [9.17, 15) is 8.78 Å². The van der Waals surface area contributed by atoms with E-state index in [1.165, 1.54) is 42.5 Å². The number of thioether (sulfide) groups is 1. The van der Waals surface area contributed by atoms with Gasteiger partial charge in [-0.15, -0.1) is 0 Å². The Labute approximate surface area is 124 Å². The molecule has 0 bridgehead atoms. The number of halogens is 2. The first-order valence-electron chi connectivity index (χ1n) is 7.44. The van der Waals surface area contributed by atoms with Gasteiger partial charge in [-0.1, -0.05) is 6.92 Å². The van der Waals surface area contributed by atoms with Gasteiger partial charge in [-0.25, -0.2) is 8.78 Å². The minimum atomic E-state index is -0.356.